The number of aromatic nitrogens is 1. The van der Waals surface area contributed by atoms with Gasteiger partial charge in [0.05, 0.1) is 16.8 Å². The highest BCUT2D eigenvalue weighted by Crippen LogP contribution is 2.36. The number of amides is 1. The summed E-state index contributed by atoms with van der Waals surface area (Å²) in [5.74, 6) is -0.727. The summed E-state index contributed by atoms with van der Waals surface area (Å²) in [6.07, 6.45) is 6.49. The number of carbonyl (C=O) groups excluding carboxylic acids is 2. The molecular weight excluding hydrogens is 420 g/mol. The molecule has 166 valence electrons. The van der Waals surface area contributed by atoms with Crippen LogP contribution < -0.4 is 5.32 Å². The highest BCUT2D eigenvalue weighted by molar-refractivity contribution is 7.10. The number of benzene rings is 1. The highest BCUT2D eigenvalue weighted by atomic mass is 32.1. The number of nitrogens with zero attached hydrogens (tertiary/aromatic N) is 1. The molecule has 0 atom stereocenters. The lowest BCUT2D eigenvalue weighted by molar-refractivity contribution is -0.125. The number of para-hydroxylation sites is 1. The third-order valence-electron chi connectivity index (χ3n) is 5.92. The van der Waals surface area contributed by atoms with Crippen molar-refractivity contribution in [3.05, 3.63) is 63.5 Å². The fraction of sp³-hybridized carbons (Fsp3) is 0.346. The summed E-state index contributed by atoms with van der Waals surface area (Å²) in [7, 11) is 0. The quantitative estimate of drug-likeness (QED) is 0.475. The van der Waals surface area contributed by atoms with Gasteiger partial charge in [-0.25, -0.2) is 9.78 Å². The molecule has 6 heteroatoms. The second-order valence-corrected chi connectivity index (χ2v) is 9.01. The Kier molecular flexibility index (Phi) is 7.00. The van der Waals surface area contributed by atoms with E-state index < -0.39 is 5.97 Å². The minimum absolute atomic E-state index is 0.0978. The molecule has 0 unspecified atom stereocenters. The van der Waals surface area contributed by atoms with Crippen molar-refractivity contribution in [1.29, 1.82) is 0 Å². The summed E-state index contributed by atoms with van der Waals surface area (Å²) in [4.78, 5) is 31.6. The van der Waals surface area contributed by atoms with Crippen LogP contribution in [-0.4, -0.2) is 29.5 Å². The summed E-state index contributed by atoms with van der Waals surface area (Å²) in [6, 6.07) is 11.9. The number of hydrogen-bond acceptors (Lipinski definition) is 5. The zero-order chi connectivity index (χ0) is 22.5. The van der Waals surface area contributed by atoms with Crippen LogP contribution in [0.5, 0.6) is 0 Å². The zero-order valence-corrected chi connectivity index (χ0v) is 19.3. The number of pyridine rings is 1. The molecule has 32 heavy (non-hydrogen) atoms. The van der Waals surface area contributed by atoms with Crippen LogP contribution in [0.3, 0.4) is 0 Å². The van der Waals surface area contributed by atoms with Crippen molar-refractivity contribution >= 4 is 45.8 Å². The Morgan fingerprint density at radius 3 is 2.72 bits per heavy atom. The van der Waals surface area contributed by atoms with E-state index in [-0.39, 0.29) is 18.6 Å². The Hall–Kier alpha value is -2.99. The molecule has 1 aromatic carbocycles. The summed E-state index contributed by atoms with van der Waals surface area (Å²) >= 11 is 1.68. The van der Waals surface area contributed by atoms with Crippen LogP contribution in [0.1, 0.15) is 66.0 Å². The fourth-order valence-corrected chi connectivity index (χ4v) is 4.90. The molecule has 1 N–H and O–H groups in total. The molecule has 3 aromatic rings. The Morgan fingerprint density at radius 2 is 1.97 bits per heavy atom. The van der Waals surface area contributed by atoms with E-state index in [1.54, 1.807) is 11.3 Å². The molecule has 2 aromatic heterocycles. The normalized spacial score (nSPS) is 14.5. The van der Waals surface area contributed by atoms with Gasteiger partial charge in [0.15, 0.2) is 6.61 Å². The van der Waals surface area contributed by atoms with Crippen LogP contribution in [0.25, 0.3) is 22.6 Å². The van der Waals surface area contributed by atoms with E-state index in [4.69, 9.17) is 9.72 Å². The average Bonchev–Trinajstić information content (AvgIpc) is 3.33. The van der Waals surface area contributed by atoms with Crippen molar-refractivity contribution in [2.45, 2.75) is 52.0 Å². The highest BCUT2D eigenvalue weighted by Gasteiger charge is 2.26. The average molecular weight is 449 g/mol. The van der Waals surface area contributed by atoms with E-state index in [1.165, 1.54) is 4.88 Å². The number of nitrogens with one attached hydrogen (secondary N) is 1. The van der Waals surface area contributed by atoms with Gasteiger partial charge in [-0.1, -0.05) is 38.1 Å². The first-order chi connectivity index (χ1) is 15.6. The van der Waals surface area contributed by atoms with Crippen molar-refractivity contribution in [2.24, 2.45) is 0 Å². The predicted molar refractivity (Wildman–Crippen MR) is 130 cm³/mol. The van der Waals surface area contributed by atoms with Gasteiger partial charge in [0, 0.05) is 16.3 Å². The first kappa shape index (κ1) is 22.2. The number of allylic oxidation sites excluding steroid dienone is 1. The number of carbonyl (C=O) groups is 2. The van der Waals surface area contributed by atoms with Crippen LogP contribution >= 0.6 is 11.3 Å². The van der Waals surface area contributed by atoms with Gasteiger partial charge in [-0.3, -0.25) is 4.79 Å². The van der Waals surface area contributed by atoms with Crippen molar-refractivity contribution in [2.75, 3.05) is 6.61 Å². The lowest BCUT2D eigenvalue weighted by Crippen LogP contribution is -2.37. The van der Waals surface area contributed by atoms with Gasteiger partial charge in [0.25, 0.3) is 5.91 Å². The van der Waals surface area contributed by atoms with Gasteiger partial charge in [-0.05, 0) is 66.8 Å². The van der Waals surface area contributed by atoms with E-state index >= 15 is 0 Å². The van der Waals surface area contributed by atoms with Crippen molar-refractivity contribution in [3.8, 4) is 0 Å². The summed E-state index contributed by atoms with van der Waals surface area (Å²) in [5, 5.41) is 5.75. The van der Waals surface area contributed by atoms with Gasteiger partial charge in [-0.15, -0.1) is 11.3 Å². The van der Waals surface area contributed by atoms with Gasteiger partial charge >= 0.3 is 5.97 Å². The van der Waals surface area contributed by atoms with Crippen LogP contribution in [0.15, 0.2) is 41.8 Å². The molecule has 0 saturated carbocycles. The maximum atomic E-state index is 13.2. The topological polar surface area (TPSA) is 68.3 Å². The SMILES string of the molecule is CCC(CC)NC(=O)COC(=O)c1c2c(nc3ccccc13)C(=Cc1cccs1)CCC2. The molecule has 1 aliphatic rings. The Bertz CT molecular complexity index is 1150. The Morgan fingerprint density at radius 1 is 1.16 bits per heavy atom. The second kappa shape index (κ2) is 10.1. The molecule has 0 aliphatic heterocycles. The van der Waals surface area contributed by atoms with Crippen LogP contribution in [0, 0.1) is 0 Å². The molecular formula is C26H28N2O3S. The number of rotatable bonds is 7. The summed E-state index contributed by atoms with van der Waals surface area (Å²) in [5.41, 5.74) is 4.23. The molecule has 0 saturated heterocycles. The first-order valence-electron chi connectivity index (χ1n) is 11.2. The van der Waals surface area contributed by atoms with Gasteiger partial charge in [-0.2, -0.15) is 0 Å². The number of thiophene rings is 1. The molecule has 2 heterocycles. The predicted octanol–water partition coefficient (Wildman–Crippen LogP) is 5.63. The molecule has 0 radical (unpaired) electrons. The zero-order valence-electron chi connectivity index (χ0n) is 18.5. The van der Waals surface area contributed by atoms with E-state index in [1.807, 2.05) is 44.2 Å². The fourth-order valence-electron chi connectivity index (χ4n) is 4.22. The third kappa shape index (κ3) is 4.75. The largest absolute Gasteiger partial charge is 0.452 e. The number of fused-ring (bicyclic) bond motifs is 2. The maximum Gasteiger partial charge on any atom is 0.339 e. The van der Waals surface area contributed by atoms with Crippen LogP contribution in [-0.2, 0) is 16.0 Å². The maximum absolute atomic E-state index is 13.2. The smallest absolute Gasteiger partial charge is 0.339 e. The number of hydrogen-bond donors (Lipinski definition) is 1. The Labute approximate surface area is 192 Å². The lowest BCUT2D eigenvalue weighted by Gasteiger charge is -2.22. The van der Waals surface area contributed by atoms with Gasteiger partial charge in [0.2, 0.25) is 0 Å². The molecule has 4 rings (SSSR count). The lowest BCUT2D eigenvalue weighted by atomic mass is 9.86. The molecule has 1 amide bonds. The van der Waals surface area contributed by atoms with Crippen molar-refractivity contribution in [1.82, 2.24) is 10.3 Å². The van der Waals surface area contributed by atoms with E-state index in [9.17, 15) is 9.59 Å². The van der Waals surface area contributed by atoms with Crippen molar-refractivity contribution in [3.63, 3.8) is 0 Å². The number of ether oxygens (including phenoxy) is 1. The third-order valence-corrected chi connectivity index (χ3v) is 6.74. The standard InChI is InChI=1S/C26H28N2O3S/c1-3-18(4-2)27-23(29)16-31-26(30)24-20-11-5-6-13-22(20)28-25-17(9-7-12-21(24)25)15-19-10-8-14-32-19/h5-6,8,10-11,13-15,18H,3-4,7,9,12,16H2,1-2H3,(H,27,29). The van der Waals surface area contributed by atoms with Crippen LogP contribution in [0.2, 0.25) is 0 Å². The molecule has 0 spiro atoms. The monoisotopic (exact) mass is 448 g/mol. The van der Waals surface area contributed by atoms with Crippen LogP contribution in [0.4, 0.5) is 0 Å². The summed E-state index contributed by atoms with van der Waals surface area (Å²) in [6.45, 7) is 3.77. The second-order valence-electron chi connectivity index (χ2n) is 8.03. The molecule has 5 nitrogen and oxygen atoms in total. The minimum Gasteiger partial charge on any atom is -0.452 e. The molecule has 1 aliphatic carbocycles. The molecule has 0 bridgehead atoms. The Balaban J connectivity index is 1.68. The van der Waals surface area contributed by atoms with Gasteiger partial charge in [0.1, 0.15) is 0 Å². The van der Waals surface area contributed by atoms with Crippen molar-refractivity contribution < 1.29 is 14.3 Å². The van der Waals surface area contributed by atoms with E-state index in [0.29, 0.717) is 5.56 Å². The first-order valence-corrected chi connectivity index (χ1v) is 12.1. The summed E-state index contributed by atoms with van der Waals surface area (Å²) < 4.78 is 5.50. The van der Waals surface area contributed by atoms with E-state index in [0.717, 1.165) is 59.8 Å². The van der Waals surface area contributed by atoms with Gasteiger partial charge < -0.3 is 10.1 Å². The van der Waals surface area contributed by atoms with E-state index in [2.05, 4.69) is 22.8 Å². The molecule has 0 fully saturated rings. The minimum atomic E-state index is -0.461. The number of esters is 1.